The number of thioether (sulfide) groups is 1. The van der Waals surface area contributed by atoms with E-state index in [2.05, 4.69) is 0 Å². The standard InChI is InChI=1S/C12H18O3S/c1-14-7-8-15-11-6-4-3-5-10(11)12(9-13)16-2/h3-6,12-13H,7-9H2,1-2H3. The minimum Gasteiger partial charge on any atom is -0.491 e. The van der Waals surface area contributed by atoms with Gasteiger partial charge in [0, 0.05) is 12.7 Å². The minimum atomic E-state index is 0.0683. The Morgan fingerprint density at radius 2 is 2.06 bits per heavy atom. The van der Waals surface area contributed by atoms with Gasteiger partial charge in [-0.25, -0.2) is 0 Å². The molecular weight excluding hydrogens is 224 g/mol. The molecule has 0 heterocycles. The molecule has 0 aliphatic carbocycles. The van der Waals surface area contributed by atoms with Crippen LogP contribution in [0.3, 0.4) is 0 Å². The van der Waals surface area contributed by atoms with Crippen molar-refractivity contribution in [3.05, 3.63) is 29.8 Å². The van der Waals surface area contributed by atoms with Gasteiger partial charge >= 0.3 is 0 Å². The lowest BCUT2D eigenvalue weighted by atomic mass is 10.1. The van der Waals surface area contributed by atoms with Crippen molar-refractivity contribution < 1.29 is 14.6 Å². The lowest BCUT2D eigenvalue weighted by Crippen LogP contribution is -2.08. The highest BCUT2D eigenvalue weighted by Crippen LogP contribution is 2.32. The molecule has 1 N–H and O–H groups in total. The first-order valence-corrected chi connectivity index (χ1v) is 6.46. The third-order valence-electron chi connectivity index (χ3n) is 2.26. The Kier molecular flexibility index (Phi) is 6.30. The van der Waals surface area contributed by atoms with Crippen LogP contribution in [0.2, 0.25) is 0 Å². The van der Waals surface area contributed by atoms with Gasteiger partial charge in [-0.2, -0.15) is 11.8 Å². The van der Waals surface area contributed by atoms with E-state index in [0.29, 0.717) is 13.2 Å². The van der Waals surface area contributed by atoms with Crippen LogP contribution in [0.1, 0.15) is 10.8 Å². The van der Waals surface area contributed by atoms with Crippen molar-refractivity contribution in [3.63, 3.8) is 0 Å². The fourth-order valence-electron chi connectivity index (χ4n) is 1.41. The first kappa shape index (κ1) is 13.4. The van der Waals surface area contributed by atoms with Crippen molar-refractivity contribution in [3.8, 4) is 5.75 Å². The highest BCUT2D eigenvalue weighted by molar-refractivity contribution is 7.98. The van der Waals surface area contributed by atoms with E-state index >= 15 is 0 Å². The summed E-state index contributed by atoms with van der Waals surface area (Å²) in [4.78, 5) is 0. The minimum absolute atomic E-state index is 0.0683. The van der Waals surface area contributed by atoms with E-state index in [4.69, 9.17) is 9.47 Å². The summed E-state index contributed by atoms with van der Waals surface area (Å²) in [5, 5.41) is 9.34. The summed E-state index contributed by atoms with van der Waals surface area (Å²) in [6, 6.07) is 7.79. The van der Waals surface area contributed by atoms with Crippen molar-refractivity contribution in [1.82, 2.24) is 0 Å². The molecule has 0 radical (unpaired) electrons. The molecule has 1 rings (SSSR count). The van der Waals surface area contributed by atoms with Crippen LogP contribution in [0.25, 0.3) is 0 Å². The third-order valence-corrected chi connectivity index (χ3v) is 3.23. The van der Waals surface area contributed by atoms with E-state index in [1.165, 1.54) is 0 Å². The number of methoxy groups -OCH3 is 1. The van der Waals surface area contributed by atoms with Crippen LogP contribution in [0, 0.1) is 0 Å². The maximum atomic E-state index is 9.27. The number of aliphatic hydroxyl groups excluding tert-OH is 1. The highest BCUT2D eigenvalue weighted by atomic mass is 32.2. The number of hydrogen-bond acceptors (Lipinski definition) is 4. The van der Waals surface area contributed by atoms with Crippen LogP contribution in [-0.2, 0) is 4.74 Å². The molecule has 0 amide bonds. The van der Waals surface area contributed by atoms with Crippen LogP contribution in [0.5, 0.6) is 5.75 Å². The quantitative estimate of drug-likeness (QED) is 0.743. The second kappa shape index (κ2) is 7.54. The average molecular weight is 242 g/mol. The molecule has 3 nitrogen and oxygen atoms in total. The molecule has 1 aromatic rings. The molecule has 0 aliphatic rings. The normalized spacial score (nSPS) is 12.4. The zero-order valence-electron chi connectivity index (χ0n) is 9.68. The molecule has 0 saturated carbocycles. The van der Waals surface area contributed by atoms with Crippen molar-refractivity contribution in [1.29, 1.82) is 0 Å². The van der Waals surface area contributed by atoms with E-state index in [1.54, 1.807) is 18.9 Å². The summed E-state index contributed by atoms with van der Waals surface area (Å²) in [6.07, 6.45) is 1.98. The molecule has 90 valence electrons. The van der Waals surface area contributed by atoms with Crippen LogP contribution < -0.4 is 4.74 Å². The summed E-state index contributed by atoms with van der Waals surface area (Å²) in [5.41, 5.74) is 1.04. The van der Waals surface area contributed by atoms with Gasteiger partial charge in [-0.1, -0.05) is 18.2 Å². The van der Waals surface area contributed by atoms with E-state index < -0.39 is 0 Å². The first-order chi connectivity index (χ1) is 7.83. The van der Waals surface area contributed by atoms with Gasteiger partial charge in [0.1, 0.15) is 12.4 Å². The monoisotopic (exact) mass is 242 g/mol. The van der Waals surface area contributed by atoms with Crippen molar-refractivity contribution in [2.45, 2.75) is 5.25 Å². The fraction of sp³-hybridized carbons (Fsp3) is 0.500. The van der Waals surface area contributed by atoms with Gasteiger partial charge in [0.25, 0.3) is 0 Å². The van der Waals surface area contributed by atoms with Crippen molar-refractivity contribution >= 4 is 11.8 Å². The molecule has 1 unspecified atom stereocenters. The second-order valence-electron chi connectivity index (χ2n) is 3.29. The Bertz CT molecular complexity index is 300. The van der Waals surface area contributed by atoms with Gasteiger partial charge in [0.2, 0.25) is 0 Å². The van der Waals surface area contributed by atoms with E-state index in [-0.39, 0.29) is 11.9 Å². The van der Waals surface area contributed by atoms with Crippen molar-refractivity contribution in [2.24, 2.45) is 0 Å². The summed E-state index contributed by atoms with van der Waals surface area (Å²) in [6.45, 7) is 1.21. The maximum Gasteiger partial charge on any atom is 0.123 e. The highest BCUT2D eigenvalue weighted by Gasteiger charge is 2.13. The van der Waals surface area contributed by atoms with Gasteiger partial charge in [0.05, 0.1) is 18.5 Å². The lowest BCUT2D eigenvalue weighted by Gasteiger charge is -2.16. The Morgan fingerprint density at radius 1 is 1.31 bits per heavy atom. The topological polar surface area (TPSA) is 38.7 Å². The average Bonchev–Trinajstić information content (AvgIpc) is 2.33. The van der Waals surface area contributed by atoms with Crippen LogP contribution in [0.4, 0.5) is 0 Å². The van der Waals surface area contributed by atoms with Crippen LogP contribution in [0.15, 0.2) is 24.3 Å². The van der Waals surface area contributed by atoms with E-state index in [9.17, 15) is 5.11 Å². The number of ether oxygens (including phenoxy) is 2. The molecule has 0 spiro atoms. The number of hydrogen-bond donors (Lipinski definition) is 1. The van der Waals surface area contributed by atoms with Gasteiger partial charge in [-0.15, -0.1) is 0 Å². The fourth-order valence-corrected chi connectivity index (χ4v) is 2.01. The number of rotatable bonds is 7. The number of para-hydroxylation sites is 1. The van der Waals surface area contributed by atoms with Crippen LogP contribution in [-0.4, -0.2) is 38.3 Å². The van der Waals surface area contributed by atoms with Gasteiger partial charge in [-0.3, -0.25) is 0 Å². The Morgan fingerprint density at radius 3 is 2.69 bits per heavy atom. The molecule has 1 atom stereocenters. The smallest absolute Gasteiger partial charge is 0.123 e. The van der Waals surface area contributed by atoms with Gasteiger partial charge < -0.3 is 14.6 Å². The number of benzene rings is 1. The summed E-state index contributed by atoms with van der Waals surface area (Å²) >= 11 is 1.62. The lowest BCUT2D eigenvalue weighted by molar-refractivity contribution is 0.145. The molecule has 16 heavy (non-hydrogen) atoms. The van der Waals surface area contributed by atoms with Gasteiger partial charge in [-0.05, 0) is 12.3 Å². The van der Waals surface area contributed by atoms with Crippen LogP contribution >= 0.6 is 11.8 Å². The first-order valence-electron chi connectivity index (χ1n) is 5.17. The second-order valence-corrected chi connectivity index (χ2v) is 4.33. The molecule has 0 aromatic heterocycles. The molecule has 0 saturated heterocycles. The largest absolute Gasteiger partial charge is 0.491 e. The Labute approximate surface area is 101 Å². The maximum absolute atomic E-state index is 9.27. The zero-order chi connectivity index (χ0) is 11.8. The molecule has 0 fully saturated rings. The molecular formula is C12H18O3S. The Hall–Kier alpha value is -0.710. The molecule has 1 aromatic carbocycles. The van der Waals surface area contributed by atoms with Crippen molar-refractivity contribution in [2.75, 3.05) is 33.2 Å². The summed E-state index contributed by atoms with van der Waals surface area (Å²) in [7, 11) is 1.65. The third kappa shape index (κ3) is 3.70. The molecule has 4 heteroatoms. The predicted molar refractivity (Wildman–Crippen MR) is 67.2 cm³/mol. The predicted octanol–water partition coefficient (Wildman–Crippen LogP) is 2.11. The number of aliphatic hydroxyl groups is 1. The summed E-state index contributed by atoms with van der Waals surface area (Å²) in [5.74, 6) is 0.827. The van der Waals surface area contributed by atoms with Gasteiger partial charge in [0.15, 0.2) is 0 Å². The van der Waals surface area contributed by atoms with E-state index in [1.807, 2.05) is 30.5 Å². The SMILES string of the molecule is COCCOc1ccccc1C(CO)SC. The van der Waals surface area contributed by atoms with E-state index in [0.717, 1.165) is 11.3 Å². The Balaban J connectivity index is 2.74. The summed E-state index contributed by atoms with van der Waals surface area (Å²) < 4.78 is 10.5. The zero-order valence-corrected chi connectivity index (χ0v) is 10.5. The molecule has 0 aliphatic heterocycles. The molecule has 0 bridgehead atoms.